The highest BCUT2D eigenvalue weighted by Gasteiger charge is 2.15. The number of carboxylic acid groups (broad SMARTS) is 1. The summed E-state index contributed by atoms with van der Waals surface area (Å²) in [5.41, 5.74) is 10.7. The summed E-state index contributed by atoms with van der Waals surface area (Å²) in [5.74, 6) is -0.823. The first-order valence-electron chi connectivity index (χ1n) is 8.24. The Labute approximate surface area is 154 Å². The van der Waals surface area contributed by atoms with E-state index in [4.69, 9.17) is 10.8 Å². The van der Waals surface area contributed by atoms with Crippen molar-refractivity contribution in [1.29, 1.82) is 0 Å². The molecule has 3 aromatic rings. The van der Waals surface area contributed by atoms with Crippen molar-refractivity contribution in [2.75, 3.05) is 6.54 Å². The summed E-state index contributed by atoms with van der Waals surface area (Å²) in [6.45, 7) is 0.667. The minimum Gasteiger partial charge on any atom is -0.481 e. The Bertz CT molecular complexity index is 905. The molecule has 0 aliphatic carbocycles. The van der Waals surface area contributed by atoms with Crippen molar-refractivity contribution < 1.29 is 9.90 Å². The summed E-state index contributed by atoms with van der Waals surface area (Å²) in [7, 11) is 0. The molecule has 0 aliphatic rings. The molecule has 0 radical (unpaired) electrons. The number of aryl methyl sites for hydroxylation is 1. The van der Waals surface area contributed by atoms with Crippen LogP contribution in [-0.4, -0.2) is 27.6 Å². The van der Waals surface area contributed by atoms with Gasteiger partial charge < -0.3 is 15.8 Å². The highest BCUT2D eigenvalue weighted by Crippen LogP contribution is 2.33. The fourth-order valence-corrected chi connectivity index (χ4v) is 3.45. The quantitative estimate of drug-likeness (QED) is 0.523. The Morgan fingerprint density at radius 1 is 1.24 bits per heavy atom. The molecule has 0 fully saturated rings. The largest absolute Gasteiger partial charge is 0.481 e. The van der Waals surface area contributed by atoms with E-state index in [9.17, 15) is 4.79 Å². The zero-order valence-corrected chi connectivity index (χ0v) is 15.3. The van der Waals surface area contributed by atoms with Crippen LogP contribution in [-0.2, 0) is 17.6 Å². The minimum atomic E-state index is -0.823. The smallest absolute Gasteiger partial charge is 0.307 e. The van der Waals surface area contributed by atoms with Gasteiger partial charge in [0.1, 0.15) is 0 Å². The third-order valence-electron chi connectivity index (χ3n) is 4.20. The van der Waals surface area contributed by atoms with Gasteiger partial charge in [-0.15, -0.1) is 0 Å². The molecule has 0 amide bonds. The fourth-order valence-electron chi connectivity index (χ4n) is 3.08. The van der Waals surface area contributed by atoms with Gasteiger partial charge in [0.25, 0.3) is 0 Å². The standard InChI is InChI=1S/C19H20BrN3O2/c20-14-9-13(10-22-11-14)19-15(3-1-2-6-21)16-7-12(8-18(24)25)4-5-17(16)23-19/h4-5,7,9-11,23H,1-3,6,8,21H2,(H,24,25). The number of rotatable bonds is 7. The maximum atomic E-state index is 11.0. The van der Waals surface area contributed by atoms with Gasteiger partial charge in [-0.25, -0.2) is 0 Å². The summed E-state index contributed by atoms with van der Waals surface area (Å²) in [4.78, 5) is 18.8. The van der Waals surface area contributed by atoms with Gasteiger partial charge in [-0.05, 0) is 71.1 Å². The van der Waals surface area contributed by atoms with Crippen molar-refractivity contribution in [2.24, 2.45) is 5.73 Å². The van der Waals surface area contributed by atoms with Crippen LogP contribution in [0.2, 0.25) is 0 Å². The number of pyridine rings is 1. The van der Waals surface area contributed by atoms with E-state index in [-0.39, 0.29) is 6.42 Å². The zero-order chi connectivity index (χ0) is 17.8. The SMILES string of the molecule is NCCCCc1c(-c2cncc(Br)c2)[nH]c2ccc(CC(=O)O)cc12. The molecular weight excluding hydrogens is 382 g/mol. The van der Waals surface area contributed by atoms with Crippen LogP contribution in [0.15, 0.2) is 41.1 Å². The number of halogens is 1. The summed E-state index contributed by atoms with van der Waals surface area (Å²) in [6, 6.07) is 7.82. The lowest BCUT2D eigenvalue weighted by Gasteiger charge is -2.06. The maximum Gasteiger partial charge on any atom is 0.307 e. The van der Waals surface area contributed by atoms with E-state index >= 15 is 0 Å². The minimum absolute atomic E-state index is 0.0249. The van der Waals surface area contributed by atoms with Crippen LogP contribution in [0.5, 0.6) is 0 Å². The highest BCUT2D eigenvalue weighted by molar-refractivity contribution is 9.10. The molecule has 4 N–H and O–H groups in total. The highest BCUT2D eigenvalue weighted by atomic mass is 79.9. The van der Waals surface area contributed by atoms with Crippen molar-refractivity contribution in [3.63, 3.8) is 0 Å². The number of hydrogen-bond acceptors (Lipinski definition) is 3. The van der Waals surface area contributed by atoms with Gasteiger partial charge in [0, 0.05) is 33.3 Å². The fraction of sp³-hybridized carbons (Fsp3) is 0.263. The number of benzene rings is 1. The van der Waals surface area contributed by atoms with Crippen LogP contribution in [0.3, 0.4) is 0 Å². The molecule has 0 bridgehead atoms. The van der Waals surface area contributed by atoms with Crippen molar-refractivity contribution in [1.82, 2.24) is 9.97 Å². The van der Waals surface area contributed by atoms with Gasteiger partial charge in [-0.1, -0.05) is 6.07 Å². The second-order valence-corrected chi connectivity index (χ2v) is 6.98. The molecule has 2 aromatic heterocycles. The topological polar surface area (TPSA) is 92.0 Å². The summed E-state index contributed by atoms with van der Waals surface area (Å²) < 4.78 is 0.920. The second-order valence-electron chi connectivity index (χ2n) is 6.07. The van der Waals surface area contributed by atoms with E-state index in [1.165, 1.54) is 5.56 Å². The van der Waals surface area contributed by atoms with Gasteiger partial charge in [0.2, 0.25) is 0 Å². The molecule has 5 nitrogen and oxygen atoms in total. The van der Waals surface area contributed by atoms with Gasteiger partial charge >= 0.3 is 5.97 Å². The number of carboxylic acids is 1. The lowest BCUT2D eigenvalue weighted by Crippen LogP contribution is -2.00. The molecule has 0 aliphatic heterocycles. The van der Waals surface area contributed by atoms with Crippen molar-refractivity contribution in [3.8, 4) is 11.3 Å². The summed E-state index contributed by atoms with van der Waals surface area (Å²) >= 11 is 3.47. The molecule has 0 saturated carbocycles. The Kier molecular flexibility index (Phi) is 5.50. The van der Waals surface area contributed by atoms with Gasteiger partial charge in [-0.2, -0.15) is 0 Å². The number of nitrogens with two attached hydrogens (primary N) is 1. The third kappa shape index (κ3) is 4.08. The van der Waals surface area contributed by atoms with Crippen LogP contribution in [0, 0.1) is 0 Å². The van der Waals surface area contributed by atoms with E-state index in [1.807, 2.05) is 30.5 Å². The van der Waals surface area contributed by atoms with Gasteiger partial charge in [-0.3, -0.25) is 9.78 Å². The third-order valence-corrected chi connectivity index (χ3v) is 4.63. The van der Waals surface area contributed by atoms with E-state index in [1.54, 1.807) is 6.20 Å². The molecule has 130 valence electrons. The van der Waals surface area contributed by atoms with Crippen LogP contribution in [0.25, 0.3) is 22.2 Å². The van der Waals surface area contributed by atoms with E-state index in [0.29, 0.717) is 6.54 Å². The normalized spacial score (nSPS) is 11.1. The number of H-pyrrole nitrogens is 1. The Hall–Kier alpha value is -2.18. The van der Waals surface area contributed by atoms with Crippen molar-refractivity contribution in [2.45, 2.75) is 25.7 Å². The number of aromatic nitrogens is 2. The molecular formula is C19H20BrN3O2. The zero-order valence-electron chi connectivity index (χ0n) is 13.8. The average molecular weight is 402 g/mol. The number of unbranched alkanes of at least 4 members (excludes halogenated alkanes) is 1. The maximum absolute atomic E-state index is 11.0. The molecule has 25 heavy (non-hydrogen) atoms. The first-order chi connectivity index (χ1) is 12.1. The molecule has 6 heteroatoms. The Morgan fingerprint density at radius 3 is 2.80 bits per heavy atom. The molecule has 0 spiro atoms. The molecule has 0 atom stereocenters. The van der Waals surface area contributed by atoms with Crippen molar-refractivity contribution in [3.05, 3.63) is 52.3 Å². The molecule has 2 heterocycles. The number of nitrogens with one attached hydrogen (secondary N) is 1. The molecule has 0 saturated heterocycles. The Balaban J connectivity index is 2.10. The number of aliphatic carboxylic acids is 1. The molecule has 0 unspecified atom stereocenters. The van der Waals surface area contributed by atoms with E-state index < -0.39 is 5.97 Å². The van der Waals surface area contributed by atoms with Crippen LogP contribution >= 0.6 is 15.9 Å². The molecule has 1 aromatic carbocycles. The number of nitrogens with zero attached hydrogens (tertiary/aromatic N) is 1. The van der Waals surface area contributed by atoms with Crippen molar-refractivity contribution >= 4 is 32.8 Å². The first kappa shape index (κ1) is 17.6. The number of hydrogen-bond donors (Lipinski definition) is 3. The average Bonchev–Trinajstić information content (AvgIpc) is 2.93. The second kappa shape index (κ2) is 7.80. The molecule has 3 rings (SSSR count). The number of fused-ring (bicyclic) bond motifs is 1. The summed E-state index contributed by atoms with van der Waals surface area (Å²) in [6.07, 6.45) is 6.44. The number of carbonyl (C=O) groups is 1. The van der Waals surface area contributed by atoms with Crippen LogP contribution in [0.4, 0.5) is 0 Å². The lowest BCUT2D eigenvalue weighted by atomic mass is 9.99. The number of aromatic amines is 1. The summed E-state index contributed by atoms with van der Waals surface area (Å²) in [5, 5.41) is 10.1. The Morgan fingerprint density at radius 2 is 2.08 bits per heavy atom. The van der Waals surface area contributed by atoms with Crippen LogP contribution in [0.1, 0.15) is 24.0 Å². The van der Waals surface area contributed by atoms with Crippen LogP contribution < -0.4 is 5.73 Å². The van der Waals surface area contributed by atoms with E-state index in [2.05, 4.69) is 25.9 Å². The lowest BCUT2D eigenvalue weighted by molar-refractivity contribution is -0.136. The first-order valence-corrected chi connectivity index (χ1v) is 9.04. The predicted octanol–water partition coefficient (Wildman–Crippen LogP) is 3.90. The van der Waals surface area contributed by atoms with Gasteiger partial charge in [0.15, 0.2) is 0 Å². The predicted molar refractivity (Wildman–Crippen MR) is 103 cm³/mol. The monoisotopic (exact) mass is 401 g/mol. The van der Waals surface area contributed by atoms with E-state index in [0.717, 1.165) is 51.5 Å². The van der Waals surface area contributed by atoms with Gasteiger partial charge in [0.05, 0.1) is 12.1 Å².